The third kappa shape index (κ3) is 5.31. The van der Waals surface area contributed by atoms with E-state index in [9.17, 15) is 0 Å². The van der Waals surface area contributed by atoms with Gasteiger partial charge in [-0.05, 0) is 18.1 Å². The molecule has 0 amide bonds. The molecule has 0 aliphatic heterocycles. The monoisotopic (exact) mass is 303 g/mol. The highest BCUT2D eigenvalue weighted by molar-refractivity contribution is 7.09. The fraction of sp³-hybridized carbons (Fsp3) is 0.769. The highest BCUT2D eigenvalue weighted by Gasteiger charge is 2.39. The van der Waals surface area contributed by atoms with Crippen molar-refractivity contribution in [1.82, 2.24) is 4.98 Å². The lowest BCUT2D eigenvalue weighted by molar-refractivity contribution is -0.151. The standard InChI is InChI=1S/C13H25NO3SSi/c1-13(2,3)19(5,6)17-12(16-10-15-4)9-11-14-7-8-18-11/h7-8,12H,9-10H2,1-6H3. The molecule has 19 heavy (non-hydrogen) atoms. The quantitative estimate of drug-likeness (QED) is 0.569. The molecule has 0 saturated heterocycles. The first-order valence-corrected chi connectivity index (χ1v) is 10.2. The van der Waals surface area contributed by atoms with E-state index in [4.69, 9.17) is 13.9 Å². The van der Waals surface area contributed by atoms with Crippen molar-refractivity contribution in [3.05, 3.63) is 16.6 Å². The van der Waals surface area contributed by atoms with Gasteiger partial charge in [0.2, 0.25) is 0 Å². The second-order valence-electron chi connectivity index (χ2n) is 6.01. The first-order chi connectivity index (χ1) is 8.76. The molecule has 0 spiro atoms. The van der Waals surface area contributed by atoms with Crippen LogP contribution in [0.3, 0.4) is 0 Å². The molecule has 1 aromatic heterocycles. The van der Waals surface area contributed by atoms with E-state index in [-0.39, 0.29) is 18.1 Å². The zero-order valence-electron chi connectivity index (χ0n) is 12.7. The first kappa shape index (κ1) is 16.8. The van der Waals surface area contributed by atoms with Crippen LogP contribution >= 0.6 is 11.3 Å². The Morgan fingerprint density at radius 2 is 2.05 bits per heavy atom. The minimum absolute atomic E-state index is 0.157. The molecule has 0 radical (unpaired) electrons. The van der Waals surface area contributed by atoms with E-state index in [0.717, 1.165) is 5.01 Å². The summed E-state index contributed by atoms with van der Waals surface area (Å²) in [7, 11) is -0.237. The summed E-state index contributed by atoms with van der Waals surface area (Å²) in [4.78, 5) is 4.29. The van der Waals surface area contributed by atoms with Crippen molar-refractivity contribution in [3.8, 4) is 0 Å². The third-order valence-corrected chi connectivity index (χ3v) is 8.70. The van der Waals surface area contributed by atoms with Gasteiger partial charge in [-0.3, -0.25) is 0 Å². The number of methoxy groups -OCH3 is 1. The Kier molecular flexibility index (Phi) is 6.13. The van der Waals surface area contributed by atoms with Crippen molar-refractivity contribution < 1.29 is 13.9 Å². The van der Waals surface area contributed by atoms with E-state index in [0.29, 0.717) is 6.42 Å². The maximum atomic E-state index is 6.28. The molecule has 6 heteroatoms. The van der Waals surface area contributed by atoms with Gasteiger partial charge in [0, 0.05) is 25.1 Å². The van der Waals surface area contributed by atoms with Crippen molar-refractivity contribution in [3.63, 3.8) is 0 Å². The molecule has 0 N–H and O–H groups in total. The summed E-state index contributed by atoms with van der Waals surface area (Å²) in [5.74, 6) is 0. The largest absolute Gasteiger partial charge is 0.392 e. The highest BCUT2D eigenvalue weighted by Crippen LogP contribution is 2.37. The molecule has 0 fully saturated rings. The van der Waals surface area contributed by atoms with Crippen molar-refractivity contribution in [2.24, 2.45) is 0 Å². The SMILES string of the molecule is COCOC(Cc1nccs1)O[Si](C)(C)C(C)(C)C. The predicted octanol–water partition coefficient (Wildman–Crippen LogP) is 3.65. The molecule has 4 nitrogen and oxygen atoms in total. The molecule has 0 aliphatic carbocycles. The highest BCUT2D eigenvalue weighted by atomic mass is 32.1. The Labute approximate surface area is 121 Å². The van der Waals surface area contributed by atoms with Crippen molar-refractivity contribution in [1.29, 1.82) is 0 Å². The molecular formula is C13H25NO3SSi. The van der Waals surface area contributed by atoms with Crippen LogP contribution in [0.15, 0.2) is 11.6 Å². The zero-order chi connectivity index (χ0) is 14.5. The molecule has 1 aromatic rings. The minimum Gasteiger partial charge on any atom is -0.392 e. The van der Waals surface area contributed by atoms with Crippen molar-refractivity contribution in [2.75, 3.05) is 13.9 Å². The Balaban J connectivity index is 2.69. The minimum atomic E-state index is -1.86. The smallest absolute Gasteiger partial charge is 0.195 e. The van der Waals surface area contributed by atoms with Crippen LogP contribution in [0.5, 0.6) is 0 Å². The van der Waals surface area contributed by atoms with Crippen molar-refractivity contribution >= 4 is 19.7 Å². The number of nitrogens with zero attached hydrogens (tertiary/aromatic N) is 1. The van der Waals surface area contributed by atoms with Gasteiger partial charge in [-0.25, -0.2) is 4.98 Å². The van der Waals surface area contributed by atoms with E-state index in [2.05, 4.69) is 38.8 Å². The van der Waals surface area contributed by atoms with Gasteiger partial charge >= 0.3 is 0 Å². The van der Waals surface area contributed by atoms with Crippen LogP contribution in [0.4, 0.5) is 0 Å². The van der Waals surface area contributed by atoms with Crippen LogP contribution in [0.2, 0.25) is 18.1 Å². The van der Waals surface area contributed by atoms with Gasteiger partial charge in [0.1, 0.15) is 6.79 Å². The first-order valence-electron chi connectivity index (χ1n) is 6.43. The summed E-state index contributed by atoms with van der Waals surface area (Å²) >= 11 is 1.62. The summed E-state index contributed by atoms with van der Waals surface area (Å²) in [6.45, 7) is 11.3. The molecule has 1 atom stereocenters. The normalized spacial score (nSPS) is 14.6. The maximum absolute atomic E-state index is 6.28. The summed E-state index contributed by atoms with van der Waals surface area (Å²) in [6.07, 6.45) is 2.19. The molecule has 1 unspecified atom stereocenters. The number of hydrogen-bond donors (Lipinski definition) is 0. The van der Waals surface area contributed by atoms with Gasteiger partial charge in [0.05, 0.1) is 5.01 Å². The van der Waals surface area contributed by atoms with Crippen LogP contribution in [0.1, 0.15) is 25.8 Å². The van der Waals surface area contributed by atoms with E-state index < -0.39 is 8.32 Å². The molecular weight excluding hydrogens is 278 g/mol. The molecule has 0 bridgehead atoms. The lowest BCUT2D eigenvalue weighted by Crippen LogP contribution is -2.45. The summed E-state index contributed by atoms with van der Waals surface area (Å²) in [6, 6.07) is 0. The molecule has 110 valence electrons. The number of aromatic nitrogens is 1. The average Bonchev–Trinajstić information content (AvgIpc) is 2.76. The Bertz CT molecular complexity index is 362. The fourth-order valence-corrected chi connectivity index (χ4v) is 3.08. The Hall–Kier alpha value is -0.273. The summed E-state index contributed by atoms with van der Waals surface area (Å²) in [5, 5.41) is 3.15. The van der Waals surface area contributed by atoms with Gasteiger partial charge in [0.15, 0.2) is 14.6 Å². The lowest BCUT2D eigenvalue weighted by atomic mass is 10.2. The van der Waals surface area contributed by atoms with E-state index in [1.54, 1.807) is 24.6 Å². The molecule has 1 rings (SSSR count). The van der Waals surface area contributed by atoms with Gasteiger partial charge in [-0.2, -0.15) is 0 Å². The van der Waals surface area contributed by atoms with Gasteiger partial charge in [-0.1, -0.05) is 20.8 Å². The molecule has 0 aromatic carbocycles. The predicted molar refractivity (Wildman–Crippen MR) is 80.8 cm³/mol. The number of ether oxygens (including phenoxy) is 2. The molecule has 0 saturated carbocycles. The van der Waals surface area contributed by atoms with Crippen molar-refractivity contribution in [2.45, 2.75) is 51.6 Å². The zero-order valence-corrected chi connectivity index (χ0v) is 14.5. The van der Waals surface area contributed by atoms with Gasteiger partial charge in [0.25, 0.3) is 0 Å². The summed E-state index contributed by atoms with van der Waals surface area (Å²) in [5.41, 5.74) is 0. The maximum Gasteiger partial charge on any atom is 0.195 e. The summed E-state index contributed by atoms with van der Waals surface area (Å²) < 4.78 is 16.9. The van der Waals surface area contributed by atoms with Crippen LogP contribution in [0.25, 0.3) is 0 Å². The van der Waals surface area contributed by atoms with Crippen LogP contribution < -0.4 is 0 Å². The third-order valence-electron chi connectivity index (χ3n) is 3.43. The average molecular weight is 304 g/mol. The molecule has 1 heterocycles. The fourth-order valence-electron chi connectivity index (χ4n) is 1.28. The topological polar surface area (TPSA) is 40.6 Å². The van der Waals surface area contributed by atoms with E-state index in [1.807, 2.05) is 5.38 Å². The Morgan fingerprint density at radius 1 is 1.37 bits per heavy atom. The van der Waals surface area contributed by atoms with Crippen LogP contribution in [0, 0.1) is 0 Å². The number of hydrogen-bond acceptors (Lipinski definition) is 5. The van der Waals surface area contributed by atoms with Crippen LogP contribution in [-0.2, 0) is 20.3 Å². The number of rotatable bonds is 7. The van der Waals surface area contributed by atoms with Gasteiger partial charge in [-0.15, -0.1) is 11.3 Å². The van der Waals surface area contributed by atoms with E-state index in [1.165, 1.54) is 0 Å². The second-order valence-corrected chi connectivity index (χ2v) is 11.7. The number of thiazole rings is 1. The van der Waals surface area contributed by atoms with Gasteiger partial charge < -0.3 is 13.9 Å². The van der Waals surface area contributed by atoms with E-state index >= 15 is 0 Å². The molecule has 0 aliphatic rings. The second kappa shape index (κ2) is 6.94. The lowest BCUT2D eigenvalue weighted by Gasteiger charge is -2.38. The Morgan fingerprint density at radius 3 is 2.53 bits per heavy atom. The van der Waals surface area contributed by atoms with Crippen LogP contribution in [-0.4, -0.2) is 33.5 Å².